The predicted octanol–water partition coefficient (Wildman–Crippen LogP) is 0.853. The molecular formula is C19H20N4O3S2. The van der Waals surface area contributed by atoms with Crippen LogP contribution in [0.5, 0.6) is 0 Å². The molecule has 0 bridgehead atoms. The Bertz CT molecular complexity index is 1150. The minimum absolute atomic E-state index is 0.128. The van der Waals surface area contributed by atoms with Gasteiger partial charge in [0.15, 0.2) is 0 Å². The van der Waals surface area contributed by atoms with Gasteiger partial charge < -0.3 is 14.5 Å². The van der Waals surface area contributed by atoms with Crippen LogP contribution in [0, 0.1) is 0 Å². The Morgan fingerprint density at radius 3 is 2.14 bits per heavy atom. The molecule has 1 amide bonds. The van der Waals surface area contributed by atoms with Crippen LogP contribution in [-0.2, 0) is 16.1 Å². The van der Waals surface area contributed by atoms with Crippen LogP contribution in [0.3, 0.4) is 0 Å². The van der Waals surface area contributed by atoms with Crippen molar-refractivity contribution < 1.29 is 9.53 Å². The van der Waals surface area contributed by atoms with Crippen LogP contribution in [-0.4, -0.2) is 41.2 Å². The number of likely N-dealkylation sites (N-methyl/N-ethyl adjacent to an activating group) is 1. The number of thiocarbonyl (C=S) groups is 1. The maximum absolute atomic E-state index is 13.2. The highest BCUT2D eigenvalue weighted by Crippen LogP contribution is 2.39. The standard InChI is InChI=1S/C19H20N4O3S2/c1-5-22-17(25)14(15-20(3)11-9-7-8-10-12(11)21(15)4)28-18(22)13-16(24)23(6-2)19(27)26-13/h7-10H,5-6H2,1-4H3/b18-13-. The van der Waals surface area contributed by atoms with Gasteiger partial charge in [0.2, 0.25) is 5.76 Å². The number of ether oxygens (including phenoxy) is 1. The predicted molar refractivity (Wildman–Crippen MR) is 115 cm³/mol. The second-order valence-corrected chi connectivity index (χ2v) is 7.81. The first-order valence-corrected chi connectivity index (χ1v) is 10.2. The minimum atomic E-state index is -0.302. The van der Waals surface area contributed by atoms with Gasteiger partial charge >= 0.3 is 0 Å². The van der Waals surface area contributed by atoms with Crippen molar-refractivity contribution >= 4 is 57.6 Å². The van der Waals surface area contributed by atoms with Gasteiger partial charge in [0, 0.05) is 27.2 Å². The molecule has 28 heavy (non-hydrogen) atoms. The van der Waals surface area contributed by atoms with Gasteiger partial charge in [-0.3, -0.25) is 19.1 Å². The normalized spacial score (nSPS) is 18.3. The van der Waals surface area contributed by atoms with Crippen molar-refractivity contribution in [1.82, 2.24) is 9.47 Å². The van der Waals surface area contributed by atoms with Gasteiger partial charge in [-0.05, 0) is 38.2 Å². The molecule has 0 unspecified atom stereocenters. The first-order valence-electron chi connectivity index (χ1n) is 8.99. The zero-order valence-corrected chi connectivity index (χ0v) is 17.7. The second kappa shape index (κ2) is 6.75. The molecule has 146 valence electrons. The molecule has 0 radical (unpaired) electrons. The number of benzene rings is 1. The van der Waals surface area contributed by atoms with E-state index in [9.17, 15) is 9.59 Å². The number of amides is 1. The van der Waals surface area contributed by atoms with Gasteiger partial charge in [0.25, 0.3) is 16.6 Å². The van der Waals surface area contributed by atoms with E-state index in [1.54, 1.807) is 4.57 Å². The smallest absolute Gasteiger partial charge is 0.300 e. The van der Waals surface area contributed by atoms with Crippen LogP contribution >= 0.6 is 23.6 Å². The quantitative estimate of drug-likeness (QED) is 0.677. The molecule has 1 aromatic carbocycles. The van der Waals surface area contributed by atoms with E-state index in [2.05, 4.69) is 0 Å². The summed E-state index contributed by atoms with van der Waals surface area (Å²) in [6.45, 7) is 4.56. The third-order valence-corrected chi connectivity index (χ3v) is 6.47. The fourth-order valence-electron chi connectivity index (χ4n) is 3.60. The summed E-state index contributed by atoms with van der Waals surface area (Å²) >= 11 is 6.43. The van der Waals surface area contributed by atoms with Gasteiger partial charge in [0.1, 0.15) is 15.0 Å². The molecule has 7 nitrogen and oxygen atoms in total. The molecule has 1 saturated heterocycles. The van der Waals surface area contributed by atoms with Crippen LogP contribution in [0.4, 0.5) is 11.4 Å². The van der Waals surface area contributed by atoms with Gasteiger partial charge in [-0.1, -0.05) is 12.1 Å². The van der Waals surface area contributed by atoms with E-state index in [0.29, 0.717) is 22.3 Å². The van der Waals surface area contributed by atoms with Crippen LogP contribution in [0.15, 0.2) is 29.1 Å². The van der Waals surface area contributed by atoms with Crippen LogP contribution in [0.25, 0.3) is 11.6 Å². The molecule has 0 N–H and O–H groups in total. The van der Waals surface area contributed by atoms with Crippen molar-refractivity contribution in [2.45, 2.75) is 20.4 Å². The summed E-state index contributed by atoms with van der Waals surface area (Å²) in [5.41, 5.74) is 1.90. The zero-order chi connectivity index (χ0) is 20.2. The molecule has 0 aliphatic carbocycles. The fraction of sp³-hybridized carbons (Fsp3) is 0.316. The summed E-state index contributed by atoms with van der Waals surface area (Å²) < 4.78 is 8.22. The highest BCUT2D eigenvalue weighted by atomic mass is 32.1. The molecule has 0 atom stereocenters. The average Bonchev–Trinajstić information content (AvgIpc) is 3.25. The summed E-state index contributed by atoms with van der Waals surface area (Å²) in [6, 6.07) is 7.97. The van der Waals surface area contributed by atoms with E-state index in [0.717, 1.165) is 17.2 Å². The number of anilines is 2. The molecule has 4 rings (SSSR count). The highest BCUT2D eigenvalue weighted by molar-refractivity contribution is 7.80. The van der Waals surface area contributed by atoms with Crippen LogP contribution in [0.1, 0.15) is 13.8 Å². The van der Waals surface area contributed by atoms with Gasteiger partial charge in [0.05, 0.1) is 11.4 Å². The molecule has 9 heteroatoms. The maximum atomic E-state index is 13.2. The minimum Gasteiger partial charge on any atom is -0.422 e. The lowest BCUT2D eigenvalue weighted by Gasteiger charge is -2.16. The molecule has 2 aliphatic heterocycles. The van der Waals surface area contributed by atoms with E-state index < -0.39 is 0 Å². The molecule has 0 saturated carbocycles. The van der Waals surface area contributed by atoms with Gasteiger partial charge in [-0.2, -0.15) is 0 Å². The Hall–Kier alpha value is -2.65. The number of hydrogen-bond donors (Lipinski definition) is 0. The van der Waals surface area contributed by atoms with Crippen LogP contribution < -0.4 is 24.6 Å². The summed E-state index contributed by atoms with van der Waals surface area (Å²) in [5.74, 6) is 0.609. The van der Waals surface area contributed by atoms with E-state index >= 15 is 0 Å². The molecular weight excluding hydrogens is 396 g/mol. The lowest BCUT2D eigenvalue weighted by atomic mass is 10.3. The molecule has 2 aliphatic rings. The second-order valence-electron chi connectivity index (χ2n) is 6.46. The summed E-state index contributed by atoms with van der Waals surface area (Å²) in [6.07, 6.45) is 0. The van der Waals surface area contributed by atoms with Gasteiger partial charge in [-0.25, -0.2) is 0 Å². The largest absolute Gasteiger partial charge is 0.422 e. The van der Waals surface area contributed by atoms with E-state index in [1.165, 1.54) is 16.2 Å². The Labute approximate surface area is 171 Å². The maximum Gasteiger partial charge on any atom is 0.300 e. The lowest BCUT2D eigenvalue weighted by molar-refractivity contribution is -0.120. The average molecular weight is 417 g/mol. The Kier molecular flexibility index (Phi) is 4.51. The number of nitrogens with zero attached hydrogens (tertiary/aromatic N) is 4. The molecule has 1 aromatic heterocycles. The first-order chi connectivity index (χ1) is 13.4. The Morgan fingerprint density at radius 2 is 1.64 bits per heavy atom. The fourth-order valence-corrected chi connectivity index (χ4v) is 5.19. The number of thiazole rings is 1. The first kappa shape index (κ1) is 18.7. The molecule has 2 aromatic rings. The highest BCUT2D eigenvalue weighted by Gasteiger charge is 2.35. The van der Waals surface area contributed by atoms with Gasteiger partial charge in [-0.15, -0.1) is 11.3 Å². The Morgan fingerprint density at radius 1 is 1.04 bits per heavy atom. The van der Waals surface area contributed by atoms with Crippen molar-refractivity contribution in [2.24, 2.45) is 0 Å². The van der Waals surface area contributed by atoms with E-state index in [4.69, 9.17) is 17.0 Å². The summed E-state index contributed by atoms with van der Waals surface area (Å²) in [7, 11) is 3.87. The van der Waals surface area contributed by atoms with Crippen molar-refractivity contribution in [3.8, 4) is 0 Å². The monoisotopic (exact) mass is 416 g/mol. The third kappa shape index (κ3) is 2.50. The molecule has 3 heterocycles. The zero-order valence-electron chi connectivity index (χ0n) is 16.1. The number of para-hydroxylation sites is 2. The number of carbonyl (C=O) groups is 1. The SMILES string of the molecule is CCN1C(=O)/C(=c2/sc(=C3N(C)c4ccccc4N3C)c(=O)n2CC)OC1=S. The Balaban J connectivity index is 2.03. The number of hydrogen-bond acceptors (Lipinski definition) is 7. The summed E-state index contributed by atoms with van der Waals surface area (Å²) in [4.78, 5) is 31.3. The number of carbonyl (C=O) groups excluding carboxylic acids is 1. The summed E-state index contributed by atoms with van der Waals surface area (Å²) in [5, 5.41) is 0.128. The van der Waals surface area contributed by atoms with Crippen molar-refractivity contribution in [2.75, 3.05) is 30.4 Å². The lowest BCUT2D eigenvalue weighted by Crippen LogP contribution is -2.37. The number of rotatable bonds is 2. The molecule has 0 spiro atoms. The topological polar surface area (TPSA) is 58.0 Å². The van der Waals surface area contributed by atoms with Crippen molar-refractivity contribution in [3.05, 3.63) is 43.8 Å². The number of aromatic nitrogens is 1. The van der Waals surface area contributed by atoms with Crippen molar-refractivity contribution in [1.29, 1.82) is 0 Å². The van der Waals surface area contributed by atoms with Crippen molar-refractivity contribution in [3.63, 3.8) is 0 Å². The third-order valence-electron chi connectivity index (χ3n) is 5.00. The number of fused-ring (bicyclic) bond motifs is 1. The van der Waals surface area contributed by atoms with Crippen LogP contribution in [0.2, 0.25) is 0 Å². The van der Waals surface area contributed by atoms with E-state index in [-0.39, 0.29) is 22.4 Å². The molecule has 1 fully saturated rings. The van der Waals surface area contributed by atoms with E-state index in [1.807, 2.05) is 62.0 Å².